The van der Waals surface area contributed by atoms with Gasteiger partial charge in [0.05, 0.1) is 11.7 Å². The predicted molar refractivity (Wildman–Crippen MR) is 97.9 cm³/mol. The standard InChI is InChI=1S/C20H30N2O3/c1-16-7-4-5-9-18(16)24-14-19(23)22-12-11-20(15-22)10-6-8-17(25-20)13-21(2)3/h4-5,7,9,17H,6,8,10-15H2,1-3H3/t17-,20+/m0/s1. The molecule has 2 atom stereocenters. The number of likely N-dealkylation sites (N-methyl/N-ethyl adjacent to an activating group) is 1. The molecule has 0 saturated carbocycles. The van der Waals surface area contributed by atoms with Crippen molar-refractivity contribution in [3.8, 4) is 5.75 Å². The molecule has 3 rings (SSSR count). The third kappa shape index (κ3) is 4.53. The van der Waals surface area contributed by atoms with Crippen molar-refractivity contribution in [2.75, 3.05) is 40.3 Å². The normalized spacial score (nSPS) is 26.4. The van der Waals surface area contributed by atoms with Gasteiger partial charge in [-0.3, -0.25) is 4.79 Å². The smallest absolute Gasteiger partial charge is 0.260 e. The van der Waals surface area contributed by atoms with E-state index in [0.717, 1.165) is 43.7 Å². The van der Waals surface area contributed by atoms with Crippen LogP contribution in [-0.2, 0) is 9.53 Å². The van der Waals surface area contributed by atoms with Gasteiger partial charge >= 0.3 is 0 Å². The molecule has 5 nitrogen and oxygen atoms in total. The first-order valence-electron chi connectivity index (χ1n) is 9.26. The molecule has 5 heteroatoms. The minimum absolute atomic E-state index is 0.0541. The van der Waals surface area contributed by atoms with E-state index in [0.29, 0.717) is 6.54 Å². The van der Waals surface area contributed by atoms with Crippen LogP contribution in [0, 0.1) is 6.92 Å². The van der Waals surface area contributed by atoms with Crippen LogP contribution < -0.4 is 4.74 Å². The lowest BCUT2D eigenvalue weighted by molar-refractivity contribution is -0.141. The van der Waals surface area contributed by atoms with E-state index in [1.54, 1.807) is 0 Å². The summed E-state index contributed by atoms with van der Waals surface area (Å²) in [5, 5.41) is 0. The highest BCUT2D eigenvalue weighted by atomic mass is 16.5. The second-order valence-electron chi connectivity index (χ2n) is 7.70. The van der Waals surface area contributed by atoms with Crippen LogP contribution in [0.15, 0.2) is 24.3 Å². The number of benzene rings is 1. The van der Waals surface area contributed by atoms with Crippen LogP contribution in [-0.4, -0.2) is 67.7 Å². The van der Waals surface area contributed by atoms with Gasteiger partial charge in [-0.05, 0) is 58.3 Å². The average Bonchev–Trinajstić information content (AvgIpc) is 2.96. The van der Waals surface area contributed by atoms with E-state index in [9.17, 15) is 4.79 Å². The molecular weight excluding hydrogens is 316 g/mol. The number of amides is 1. The fourth-order valence-corrected chi connectivity index (χ4v) is 3.97. The molecule has 0 N–H and O–H groups in total. The number of hydrogen-bond donors (Lipinski definition) is 0. The molecule has 2 saturated heterocycles. The number of rotatable bonds is 5. The van der Waals surface area contributed by atoms with Crippen LogP contribution in [0.25, 0.3) is 0 Å². The van der Waals surface area contributed by atoms with E-state index in [2.05, 4.69) is 19.0 Å². The largest absolute Gasteiger partial charge is 0.484 e. The van der Waals surface area contributed by atoms with Crippen LogP contribution in [0.5, 0.6) is 5.75 Å². The molecule has 2 aliphatic heterocycles. The highest BCUT2D eigenvalue weighted by Crippen LogP contribution is 2.36. The van der Waals surface area contributed by atoms with Crippen molar-refractivity contribution in [1.29, 1.82) is 0 Å². The zero-order valence-electron chi connectivity index (χ0n) is 15.7. The molecule has 25 heavy (non-hydrogen) atoms. The Morgan fingerprint density at radius 3 is 2.92 bits per heavy atom. The van der Waals surface area contributed by atoms with E-state index >= 15 is 0 Å². The Morgan fingerprint density at radius 2 is 2.16 bits per heavy atom. The third-order valence-corrected chi connectivity index (χ3v) is 5.26. The number of nitrogens with zero attached hydrogens (tertiary/aromatic N) is 2. The summed E-state index contributed by atoms with van der Waals surface area (Å²) in [6, 6.07) is 7.80. The summed E-state index contributed by atoms with van der Waals surface area (Å²) in [5.74, 6) is 0.836. The monoisotopic (exact) mass is 346 g/mol. The maximum Gasteiger partial charge on any atom is 0.260 e. The summed E-state index contributed by atoms with van der Waals surface area (Å²) in [6.45, 7) is 4.51. The fraction of sp³-hybridized carbons (Fsp3) is 0.650. The maximum atomic E-state index is 12.6. The maximum absolute atomic E-state index is 12.6. The lowest BCUT2D eigenvalue weighted by Crippen LogP contribution is -2.47. The number of para-hydroxylation sites is 1. The van der Waals surface area contributed by atoms with E-state index in [1.807, 2.05) is 36.1 Å². The first-order chi connectivity index (χ1) is 12.0. The van der Waals surface area contributed by atoms with Gasteiger partial charge in [0.15, 0.2) is 6.61 Å². The first-order valence-corrected chi connectivity index (χ1v) is 9.26. The minimum Gasteiger partial charge on any atom is -0.484 e. The summed E-state index contributed by atoms with van der Waals surface area (Å²) in [5.41, 5.74) is 0.910. The van der Waals surface area contributed by atoms with E-state index in [1.165, 1.54) is 6.42 Å². The Hall–Kier alpha value is -1.59. The van der Waals surface area contributed by atoms with Gasteiger partial charge in [-0.1, -0.05) is 18.2 Å². The van der Waals surface area contributed by atoms with Gasteiger partial charge in [0.1, 0.15) is 5.75 Å². The molecule has 0 radical (unpaired) electrons. The second kappa shape index (κ2) is 7.75. The van der Waals surface area contributed by atoms with Crippen LogP contribution in [0.3, 0.4) is 0 Å². The molecule has 0 aliphatic carbocycles. The highest BCUT2D eigenvalue weighted by molar-refractivity contribution is 5.78. The summed E-state index contributed by atoms with van der Waals surface area (Å²) in [6.07, 6.45) is 4.57. The van der Waals surface area contributed by atoms with Gasteiger partial charge in [-0.15, -0.1) is 0 Å². The Kier molecular flexibility index (Phi) is 5.64. The SMILES string of the molecule is Cc1ccccc1OCC(=O)N1CC[C@]2(CCC[C@@H](CN(C)C)O2)C1. The summed E-state index contributed by atoms with van der Waals surface area (Å²) >= 11 is 0. The van der Waals surface area contributed by atoms with E-state index < -0.39 is 0 Å². The molecule has 2 aliphatic rings. The quantitative estimate of drug-likeness (QED) is 0.821. The van der Waals surface area contributed by atoms with Gasteiger partial charge in [0, 0.05) is 19.6 Å². The van der Waals surface area contributed by atoms with Gasteiger partial charge in [0.25, 0.3) is 5.91 Å². The van der Waals surface area contributed by atoms with Gasteiger partial charge in [-0.2, -0.15) is 0 Å². The van der Waals surface area contributed by atoms with Crippen LogP contribution in [0.4, 0.5) is 0 Å². The van der Waals surface area contributed by atoms with Crippen LogP contribution in [0.2, 0.25) is 0 Å². The van der Waals surface area contributed by atoms with Gasteiger partial charge < -0.3 is 19.3 Å². The second-order valence-corrected chi connectivity index (χ2v) is 7.70. The molecule has 1 spiro atoms. The van der Waals surface area contributed by atoms with Crippen molar-refractivity contribution in [2.45, 2.75) is 44.3 Å². The van der Waals surface area contributed by atoms with Crippen molar-refractivity contribution in [3.05, 3.63) is 29.8 Å². The van der Waals surface area contributed by atoms with Crippen LogP contribution in [0.1, 0.15) is 31.2 Å². The lowest BCUT2D eigenvalue weighted by Gasteiger charge is -2.39. The molecular formula is C20H30N2O3. The van der Waals surface area contributed by atoms with Gasteiger partial charge in [0.2, 0.25) is 0 Å². The van der Waals surface area contributed by atoms with Crippen molar-refractivity contribution in [1.82, 2.24) is 9.80 Å². The molecule has 1 amide bonds. The molecule has 1 aromatic rings. The summed E-state index contributed by atoms with van der Waals surface area (Å²) in [4.78, 5) is 16.6. The molecule has 0 aromatic heterocycles. The number of carbonyl (C=O) groups excluding carboxylic acids is 1. The number of hydrogen-bond acceptors (Lipinski definition) is 4. The summed E-state index contributed by atoms with van der Waals surface area (Å²) in [7, 11) is 4.16. The minimum atomic E-state index is -0.142. The Balaban J connectivity index is 1.53. The fourth-order valence-electron chi connectivity index (χ4n) is 3.97. The number of aryl methyl sites for hydroxylation is 1. The Labute approximate surface area is 150 Å². The number of ether oxygens (including phenoxy) is 2. The molecule has 2 heterocycles. The summed E-state index contributed by atoms with van der Waals surface area (Å²) < 4.78 is 12.2. The molecule has 0 bridgehead atoms. The van der Waals surface area contributed by atoms with Crippen molar-refractivity contribution >= 4 is 5.91 Å². The Morgan fingerprint density at radius 1 is 1.36 bits per heavy atom. The number of carbonyl (C=O) groups is 1. The van der Waals surface area contributed by atoms with Crippen molar-refractivity contribution in [2.24, 2.45) is 0 Å². The average molecular weight is 346 g/mol. The van der Waals surface area contributed by atoms with Crippen LogP contribution >= 0.6 is 0 Å². The lowest BCUT2D eigenvalue weighted by atomic mass is 9.90. The zero-order valence-corrected chi connectivity index (χ0v) is 15.7. The number of likely N-dealkylation sites (tertiary alicyclic amines) is 1. The van der Waals surface area contributed by atoms with E-state index in [-0.39, 0.29) is 24.2 Å². The molecule has 138 valence electrons. The highest BCUT2D eigenvalue weighted by Gasteiger charge is 2.44. The van der Waals surface area contributed by atoms with Crippen molar-refractivity contribution < 1.29 is 14.3 Å². The predicted octanol–water partition coefficient (Wildman–Crippen LogP) is 2.48. The Bertz CT molecular complexity index is 604. The van der Waals surface area contributed by atoms with Gasteiger partial charge in [-0.25, -0.2) is 0 Å². The first kappa shape index (κ1) is 18.2. The zero-order chi connectivity index (χ0) is 17.9. The third-order valence-electron chi connectivity index (χ3n) is 5.26. The van der Waals surface area contributed by atoms with Crippen molar-refractivity contribution in [3.63, 3.8) is 0 Å². The topological polar surface area (TPSA) is 42.0 Å². The molecule has 1 aromatic carbocycles. The molecule has 2 fully saturated rings. The van der Waals surface area contributed by atoms with E-state index in [4.69, 9.17) is 9.47 Å². The molecule has 0 unspecified atom stereocenters.